The predicted molar refractivity (Wildman–Crippen MR) is 246 cm³/mol. The molecule has 1 aromatic heterocycles. The minimum atomic E-state index is -0.170. The molecular formula is C55H44S. The molecule has 0 bridgehead atoms. The van der Waals surface area contributed by atoms with Crippen LogP contribution < -0.4 is 20.9 Å². The van der Waals surface area contributed by atoms with Crippen molar-refractivity contribution in [3.63, 3.8) is 0 Å². The Morgan fingerprint density at radius 3 is 2.09 bits per heavy atom. The van der Waals surface area contributed by atoms with Gasteiger partial charge in [0.15, 0.2) is 0 Å². The summed E-state index contributed by atoms with van der Waals surface area (Å²) in [5, 5.41) is 6.88. The maximum Gasteiger partial charge on any atom is 0.0361 e. The summed E-state index contributed by atoms with van der Waals surface area (Å²) >= 11 is 1.87. The van der Waals surface area contributed by atoms with Gasteiger partial charge in [0.05, 0.1) is 0 Å². The molecule has 1 heterocycles. The summed E-state index contributed by atoms with van der Waals surface area (Å²) in [5.41, 5.74) is 12.8. The van der Waals surface area contributed by atoms with Crippen molar-refractivity contribution in [1.29, 1.82) is 0 Å². The highest BCUT2D eigenvalue weighted by Crippen LogP contribution is 2.50. The third-order valence-electron chi connectivity index (χ3n) is 11.6. The van der Waals surface area contributed by atoms with E-state index in [-0.39, 0.29) is 5.41 Å². The Hall–Kier alpha value is -6.28. The van der Waals surface area contributed by atoms with Crippen LogP contribution in [0.25, 0.3) is 72.3 Å². The summed E-state index contributed by atoms with van der Waals surface area (Å²) in [6, 6.07) is 48.2. The Morgan fingerprint density at radius 2 is 1.32 bits per heavy atom. The van der Waals surface area contributed by atoms with E-state index in [1.807, 2.05) is 17.4 Å². The normalized spacial score (nSPS) is 16.7. The van der Waals surface area contributed by atoms with Gasteiger partial charge in [-0.2, -0.15) is 0 Å². The standard InChI is InChI=1S/C55H44S/c1-36-31-41(39-19-9-8-10-20-39)30-29-40(36)32-37(2)43-22-11-6-7-12-23-44(46-25-15-14-24-45(43)46)38(3)48-34-50-47-26-16-18-28-53(47)56-54(50)35-49(48)52-33-42-21-13-17-27-51(42)55(52,4)5/h8-35H,1-3,6-7H2,4-5H3/b22-11?,23-12+,40-32-,45-43?,46-44+. The zero-order chi connectivity index (χ0) is 38.4. The summed E-state index contributed by atoms with van der Waals surface area (Å²) in [6.45, 7) is 18.8. The molecule has 0 fully saturated rings. The number of benzene rings is 6. The lowest BCUT2D eigenvalue weighted by Gasteiger charge is -2.27. The van der Waals surface area contributed by atoms with Crippen LogP contribution in [-0.4, -0.2) is 0 Å². The highest BCUT2D eigenvalue weighted by atomic mass is 32.1. The van der Waals surface area contributed by atoms with Crippen molar-refractivity contribution in [2.45, 2.75) is 32.1 Å². The maximum absolute atomic E-state index is 4.98. The van der Waals surface area contributed by atoms with Crippen LogP contribution in [0.1, 0.15) is 48.9 Å². The first-order valence-electron chi connectivity index (χ1n) is 19.5. The van der Waals surface area contributed by atoms with Crippen molar-refractivity contribution in [3.8, 4) is 11.1 Å². The second kappa shape index (κ2) is 14.4. The molecule has 6 aromatic carbocycles. The highest BCUT2D eigenvalue weighted by Gasteiger charge is 2.35. The fraction of sp³-hybridized carbons (Fsp3) is 0.0909. The van der Waals surface area contributed by atoms with E-state index in [0.29, 0.717) is 0 Å². The quantitative estimate of drug-likeness (QED) is 0.159. The van der Waals surface area contributed by atoms with Gasteiger partial charge in [-0.05, 0) is 131 Å². The molecule has 0 saturated carbocycles. The molecule has 0 aliphatic heterocycles. The van der Waals surface area contributed by atoms with Crippen molar-refractivity contribution < 1.29 is 0 Å². The topological polar surface area (TPSA) is 0 Å². The van der Waals surface area contributed by atoms with Gasteiger partial charge in [0.1, 0.15) is 0 Å². The zero-order valence-corrected chi connectivity index (χ0v) is 32.9. The van der Waals surface area contributed by atoms with Crippen LogP contribution in [0, 0.1) is 0 Å². The Labute approximate surface area is 333 Å². The number of hydrogen-bond donors (Lipinski definition) is 0. The smallest absolute Gasteiger partial charge is 0.0361 e. The van der Waals surface area contributed by atoms with Crippen molar-refractivity contribution in [2.24, 2.45) is 0 Å². The molecule has 0 N–H and O–H groups in total. The van der Waals surface area contributed by atoms with E-state index >= 15 is 0 Å². The molecule has 56 heavy (non-hydrogen) atoms. The molecule has 270 valence electrons. The number of fused-ring (bicyclic) bond motifs is 5. The van der Waals surface area contributed by atoms with Crippen molar-refractivity contribution in [2.75, 3.05) is 0 Å². The fourth-order valence-corrected chi connectivity index (χ4v) is 9.70. The Kier molecular flexibility index (Phi) is 9.12. The maximum atomic E-state index is 4.98. The van der Waals surface area contributed by atoms with E-state index < -0.39 is 0 Å². The molecule has 0 radical (unpaired) electrons. The molecule has 0 unspecified atom stereocenters. The van der Waals surface area contributed by atoms with Crippen molar-refractivity contribution >= 4 is 72.5 Å². The van der Waals surface area contributed by atoms with Gasteiger partial charge < -0.3 is 0 Å². The summed E-state index contributed by atoms with van der Waals surface area (Å²) in [7, 11) is 0. The van der Waals surface area contributed by atoms with Gasteiger partial charge >= 0.3 is 0 Å². The van der Waals surface area contributed by atoms with E-state index in [1.165, 1.54) is 53.6 Å². The first kappa shape index (κ1) is 35.4. The Bertz CT molecular complexity index is 3090. The number of hydrogen-bond acceptors (Lipinski definition) is 1. The van der Waals surface area contributed by atoms with Gasteiger partial charge in [0, 0.05) is 25.6 Å². The van der Waals surface area contributed by atoms with Crippen LogP contribution in [0.5, 0.6) is 0 Å². The average molecular weight is 737 g/mol. The summed E-state index contributed by atoms with van der Waals surface area (Å²) in [5.74, 6) is 0. The Balaban J connectivity index is 1.26. The monoisotopic (exact) mass is 736 g/mol. The molecule has 0 nitrogen and oxygen atoms in total. The van der Waals surface area contributed by atoms with Crippen LogP contribution in [0.4, 0.5) is 0 Å². The van der Waals surface area contributed by atoms with E-state index in [2.05, 4.69) is 191 Å². The molecule has 0 saturated heterocycles. The Morgan fingerprint density at radius 1 is 0.643 bits per heavy atom. The van der Waals surface area contributed by atoms with Crippen molar-refractivity contribution in [1.82, 2.24) is 0 Å². The molecule has 0 amide bonds. The summed E-state index contributed by atoms with van der Waals surface area (Å²) < 4.78 is 2.60. The van der Waals surface area contributed by atoms with Gasteiger partial charge in [0.25, 0.3) is 0 Å². The average Bonchev–Trinajstić information content (AvgIpc) is 3.72. The van der Waals surface area contributed by atoms with Gasteiger partial charge in [-0.1, -0.05) is 167 Å². The zero-order valence-electron chi connectivity index (χ0n) is 32.1. The molecule has 9 rings (SSSR count). The first-order valence-corrected chi connectivity index (χ1v) is 20.3. The lowest BCUT2D eigenvalue weighted by molar-refractivity contribution is 0.704. The third kappa shape index (κ3) is 6.29. The molecular weight excluding hydrogens is 693 g/mol. The predicted octanol–water partition coefficient (Wildman–Crippen LogP) is 11.9. The molecule has 2 aliphatic rings. The van der Waals surface area contributed by atoms with Crippen LogP contribution >= 0.6 is 11.3 Å². The van der Waals surface area contributed by atoms with Gasteiger partial charge in [-0.25, -0.2) is 0 Å². The highest BCUT2D eigenvalue weighted by molar-refractivity contribution is 7.25. The summed E-state index contributed by atoms with van der Waals surface area (Å²) in [6.07, 6.45) is 15.6. The lowest BCUT2D eigenvalue weighted by atomic mass is 9.76. The fourth-order valence-electron chi connectivity index (χ4n) is 8.57. The number of rotatable bonds is 6. The van der Waals surface area contributed by atoms with Gasteiger partial charge in [0.2, 0.25) is 0 Å². The second-order valence-corrected chi connectivity index (χ2v) is 16.5. The molecule has 0 spiro atoms. The van der Waals surface area contributed by atoms with Gasteiger partial charge in [-0.3, -0.25) is 0 Å². The third-order valence-corrected chi connectivity index (χ3v) is 12.7. The van der Waals surface area contributed by atoms with E-state index in [9.17, 15) is 0 Å². The molecule has 7 aromatic rings. The first-order chi connectivity index (χ1) is 27.3. The molecule has 0 atom stereocenters. The second-order valence-electron chi connectivity index (χ2n) is 15.4. The van der Waals surface area contributed by atoms with E-state index in [4.69, 9.17) is 6.58 Å². The van der Waals surface area contributed by atoms with Crippen LogP contribution in [-0.2, 0) is 5.41 Å². The van der Waals surface area contributed by atoms with Crippen molar-refractivity contribution in [3.05, 3.63) is 220 Å². The van der Waals surface area contributed by atoms with E-state index in [0.717, 1.165) is 61.6 Å². The summed E-state index contributed by atoms with van der Waals surface area (Å²) in [4.78, 5) is 0. The van der Waals surface area contributed by atoms with Crippen LogP contribution in [0.3, 0.4) is 0 Å². The van der Waals surface area contributed by atoms with Crippen LogP contribution in [0.2, 0.25) is 0 Å². The van der Waals surface area contributed by atoms with Crippen LogP contribution in [0.15, 0.2) is 176 Å². The number of allylic oxidation sites excluding steroid dienone is 7. The van der Waals surface area contributed by atoms with Gasteiger partial charge in [-0.15, -0.1) is 11.3 Å². The molecule has 1 heteroatoms. The van der Waals surface area contributed by atoms with E-state index in [1.54, 1.807) is 0 Å². The lowest BCUT2D eigenvalue weighted by Crippen LogP contribution is -2.30. The SMILES string of the molecule is C=C(/C=c1/ccc(-c2ccccc2)cc1=C)C1=c2cccc/c2=C(C(=C)c2cc3c(cc2C2=Cc4ccccc4C2(C)C)sc2ccccc23)/C=C/CCC=C1. The minimum absolute atomic E-state index is 0.170. The number of thiophene rings is 1. The minimum Gasteiger partial charge on any atom is -0.135 e. The molecule has 2 aliphatic carbocycles. The largest absolute Gasteiger partial charge is 0.135 e.